The molecule has 0 spiro atoms. The molecule has 0 aliphatic heterocycles. The summed E-state index contributed by atoms with van der Waals surface area (Å²) < 4.78 is 2.09. The lowest BCUT2D eigenvalue weighted by atomic mass is 10.1. The molecule has 4 nitrogen and oxygen atoms in total. The van der Waals surface area contributed by atoms with Gasteiger partial charge >= 0.3 is 0 Å². The topological polar surface area (TPSA) is 42.5 Å². The van der Waals surface area contributed by atoms with Gasteiger partial charge in [-0.1, -0.05) is 18.7 Å². The zero-order valence-electron chi connectivity index (χ0n) is 13.7. The van der Waals surface area contributed by atoms with Crippen molar-refractivity contribution in [2.24, 2.45) is 4.99 Å². The van der Waals surface area contributed by atoms with E-state index in [2.05, 4.69) is 21.0 Å². The van der Waals surface area contributed by atoms with Gasteiger partial charge in [0.25, 0.3) is 0 Å². The van der Waals surface area contributed by atoms with Crippen LogP contribution in [-0.2, 0) is 0 Å². The van der Waals surface area contributed by atoms with Gasteiger partial charge in [0.2, 0.25) is 0 Å². The lowest BCUT2D eigenvalue weighted by molar-refractivity contribution is 0.987. The van der Waals surface area contributed by atoms with Crippen molar-refractivity contribution < 1.29 is 0 Å². The van der Waals surface area contributed by atoms with Crippen LogP contribution in [0.3, 0.4) is 0 Å². The van der Waals surface area contributed by atoms with Gasteiger partial charge in [0.15, 0.2) is 0 Å². The summed E-state index contributed by atoms with van der Waals surface area (Å²) in [7, 11) is 1.80. The molecule has 0 amide bonds. The van der Waals surface area contributed by atoms with Crippen LogP contribution in [0.2, 0.25) is 0 Å². The lowest BCUT2D eigenvalue weighted by Gasteiger charge is -2.08. The Labute approximate surface area is 125 Å². The van der Waals surface area contributed by atoms with E-state index in [1.54, 1.807) is 7.05 Å². The molecule has 0 fully saturated rings. The van der Waals surface area contributed by atoms with Crippen LogP contribution in [0.5, 0.6) is 0 Å². The molecule has 0 atom stereocenters. The molecule has 0 saturated heterocycles. The Morgan fingerprint density at radius 1 is 1.19 bits per heavy atom. The van der Waals surface area contributed by atoms with Crippen LogP contribution in [0, 0.1) is 13.8 Å². The first kappa shape index (κ1) is 15.2. The zero-order valence-corrected chi connectivity index (χ0v) is 13.7. The van der Waals surface area contributed by atoms with Gasteiger partial charge in [-0.25, -0.2) is 9.97 Å². The van der Waals surface area contributed by atoms with E-state index in [-0.39, 0.29) is 0 Å². The Balaban J connectivity index is 3.04. The molecule has 2 aromatic heterocycles. The van der Waals surface area contributed by atoms with E-state index in [0.29, 0.717) is 0 Å². The zero-order chi connectivity index (χ0) is 15.7. The molecule has 2 heterocycles. The second-order valence-corrected chi connectivity index (χ2v) is 5.03. The summed E-state index contributed by atoms with van der Waals surface area (Å²) in [6, 6.07) is 0. The van der Waals surface area contributed by atoms with Crippen molar-refractivity contribution in [2.75, 3.05) is 7.05 Å². The van der Waals surface area contributed by atoms with Crippen molar-refractivity contribution in [1.82, 2.24) is 14.4 Å². The molecule has 0 aromatic carbocycles. The highest BCUT2D eigenvalue weighted by Gasteiger charge is 2.16. The van der Waals surface area contributed by atoms with E-state index in [4.69, 9.17) is 4.98 Å². The summed E-state index contributed by atoms with van der Waals surface area (Å²) in [5.74, 6) is 0.881. The Hall–Kier alpha value is -2.23. The molecular formula is C17H22N4. The van der Waals surface area contributed by atoms with Crippen molar-refractivity contribution in [3.63, 3.8) is 0 Å². The molecule has 2 aromatic rings. The molecule has 21 heavy (non-hydrogen) atoms. The highest BCUT2D eigenvalue weighted by atomic mass is 15.1. The molecular weight excluding hydrogens is 260 g/mol. The Morgan fingerprint density at radius 2 is 1.81 bits per heavy atom. The maximum atomic E-state index is 4.75. The summed E-state index contributed by atoms with van der Waals surface area (Å²) >= 11 is 0. The number of aryl methyl sites for hydroxylation is 2. The minimum Gasteiger partial charge on any atom is -0.293 e. The molecule has 0 bridgehead atoms. The van der Waals surface area contributed by atoms with E-state index in [9.17, 15) is 0 Å². The summed E-state index contributed by atoms with van der Waals surface area (Å²) in [6.07, 6.45) is 4.02. The standard InChI is InChI=1S/C17H22N4/c1-8-14(10(3)18-7)17-20-12(5)16-11(4)19-15(9-2)13(6)21(16)17/h8-9H,6H2,1-5,7H3. The average molecular weight is 282 g/mol. The van der Waals surface area contributed by atoms with Crippen LogP contribution < -0.4 is 10.7 Å². The fourth-order valence-corrected chi connectivity index (χ4v) is 2.66. The highest BCUT2D eigenvalue weighted by molar-refractivity contribution is 6.21. The second-order valence-electron chi connectivity index (χ2n) is 5.03. The summed E-state index contributed by atoms with van der Waals surface area (Å²) in [6.45, 7) is 14.2. The predicted octanol–water partition coefficient (Wildman–Crippen LogP) is 2.05. The number of hydrogen-bond donors (Lipinski definition) is 0. The first-order valence-corrected chi connectivity index (χ1v) is 7.07. The van der Waals surface area contributed by atoms with Crippen molar-refractivity contribution in [1.29, 1.82) is 0 Å². The van der Waals surface area contributed by atoms with Gasteiger partial charge in [0, 0.05) is 18.3 Å². The van der Waals surface area contributed by atoms with Crippen LogP contribution in [-0.4, -0.2) is 27.1 Å². The van der Waals surface area contributed by atoms with Gasteiger partial charge in [0.05, 0.1) is 27.6 Å². The first-order valence-electron chi connectivity index (χ1n) is 7.07. The van der Waals surface area contributed by atoms with Crippen molar-refractivity contribution in [3.8, 4) is 0 Å². The SMILES string of the molecule is C=c1c(=CC)nc(C)c2c(C)nc(C(=CC)C(C)=NC)n12. The minimum absolute atomic E-state index is 0.858. The number of fused-ring (bicyclic) bond motifs is 1. The third-order valence-electron chi connectivity index (χ3n) is 3.78. The number of rotatable bonds is 2. The normalized spacial score (nSPS) is 14.3. The summed E-state index contributed by atoms with van der Waals surface area (Å²) in [5.41, 5.74) is 4.95. The van der Waals surface area contributed by atoms with Crippen LogP contribution in [0.25, 0.3) is 23.7 Å². The van der Waals surface area contributed by atoms with Gasteiger partial charge in [0.1, 0.15) is 5.82 Å². The summed E-state index contributed by atoms with van der Waals surface area (Å²) in [4.78, 5) is 13.7. The van der Waals surface area contributed by atoms with E-state index in [1.807, 2.05) is 46.8 Å². The van der Waals surface area contributed by atoms with Crippen LogP contribution in [0.1, 0.15) is 38.0 Å². The van der Waals surface area contributed by atoms with Gasteiger partial charge in [-0.3, -0.25) is 9.39 Å². The Morgan fingerprint density at radius 3 is 2.33 bits per heavy atom. The monoisotopic (exact) mass is 282 g/mol. The third kappa shape index (κ3) is 2.31. The van der Waals surface area contributed by atoms with Gasteiger partial charge < -0.3 is 0 Å². The molecule has 2 rings (SSSR count). The Kier molecular flexibility index (Phi) is 4.07. The maximum Gasteiger partial charge on any atom is 0.146 e. The van der Waals surface area contributed by atoms with E-state index >= 15 is 0 Å². The molecule has 0 saturated carbocycles. The molecule has 0 N–H and O–H groups in total. The molecule has 4 heteroatoms. The van der Waals surface area contributed by atoms with Crippen LogP contribution >= 0.6 is 0 Å². The average Bonchev–Trinajstić information content (AvgIpc) is 2.81. The van der Waals surface area contributed by atoms with Crippen molar-refractivity contribution in [3.05, 3.63) is 34.0 Å². The molecule has 0 unspecified atom stereocenters. The van der Waals surface area contributed by atoms with E-state index in [0.717, 1.165) is 44.7 Å². The largest absolute Gasteiger partial charge is 0.293 e. The molecule has 110 valence electrons. The fourth-order valence-electron chi connectivity index (χ4n) is 2.66. The third-order valence-corrected chi connectivity index (χ3v) is 3.78. The summed E-state index contributed by atoms with van der Waals surface area (Å²) in [5, 5.41) is 1.75. The minimum atomic E-state index is 0.858. The number of hydrogen-bond acceptors (Lipinski definition) is 3. The second kappa shape index (κ2) is 5.64. The van der Waals surface area contributed by atoms with Crippen molar-refractivity contribution in [2.45, 2.75) is 34.6 Å². The number of aromatic nitrogens is 3. The van der Waals surface area contributed by atoms with Gasteiger partial charge in [-0.05, 0) is 34.6 Å². The highest BCUT2D eigenvalue weighted by Crippen LogP contribution is 2.19. The lowest BCUT2D eigenvalue weighted by Crippen LogP contribution is -2.35. The number of imidazole rings is 1. The van der Waals surface area contributed by atoms with Gasteiger partial charge in [-0.2, -0.15) is 0 Å². The maximum absolute atomic E-state index is 4.75. The van der Waals surface area contributed by atoms with E-state index < -0.39 is 0 Å². The number of aliphatic imine (C=N–C) groups is 1. The Bertz CT molecular complexity index is 867. The van der Waals surface area contributed by atoms with Crippen LogP contribution in [0.4, 0.5) is 0 Å². The molecule has 0 aliphatic carbocycles. The van der Waals surface area contributed by atoms with Gasteiger partial charge in [-0.15, -0.1) is 0 Å². The number of allylic oxidation sites excluding steroid dienone is 2. The molecule has 0 aliphatic rings. The molecule has 0 radical (unpaired) electrons. The van der Waals surface area contributed by atoms with E-state index in [1.165, 1.54) is 0 Å². The van der Waals surface area contributed by atoms with Crippen molar-refractivity contribution >= 4 is 29.5 Å². The fraction of sp³-hybridized carbons (Fsp3) is 0.353. The quantitative estimate of drug-likeness (QED) is 0.791. The van der Waals surface area contributed by atoms with Crippen LogP contribution in [0.15, 0.2) is 11.1 Å². The predicted molar refractivity (Wildman–Crippen MR) is 90.1 cm³/mol. The number of nitrogens with zero attached hydrogens (tertiary/aromatic N) is 4. The first-order chi connectivity index (χ1) is 9.96. The smallest absolute Gasteiger partial charge is 0.146 e.